The highest BCUT2D eigenvalue weighted by atomic mass is 16.6. The number of nitrogens with one attached hydrogen (secondary N) is 1. The highest BCUT2D eigenvalue weighted by Crippen LogP contribution is 2.33. The molecular formula is C20H28N2O2. The molecule has 1 aromatic heterocycles. The van der Waals surface area contributed by atoms with Crippen LogP contribution in [0.5, 0.6) is 0 Å². The lowest BCUT2D eigenvalue weighted by atomic mass is 9.89. The first-order valence-electron chi connectivity index (χ1n) is 8.92. The zero-order chi connectivity index (χ0) is 17.2. The highest BCUT2D eigenvalue weighted by molar-refractivity contribution is 5.83. The molecule has 130 valence electrons. The lowest BCUT2D eigenvalue weighted by Gasteiger charge is -2.32. The molecule has 1 saturated heterocycles. The third-order valence-corrected chi connectivity index (χ3v) is 4.70. The van der Waals surface area contributed by atoms with E-state index in [0.717, 1.165) is 32.5 Å². The van der Waals surface area contributed by atoms with Crippen molar-refractivity contribution in [2.24, 2.45) is 0 Å². The van der Waals surface area contributed by atoms with Gasteiger partial charge in [0.1, 0.15) is 5.60 Å². The molecule has 0 radical (unpaired) electrons. The van der Waals surface area contributed by atoms with Gasteiger partial charge in [-0.3, -0.25) is 4.79 Å². The van der Waals surface area contributed by atoms with Crippen molar-refractivity contribution in [1.82, 2.24) is 9.88 Å². The number of hydrogen-bond acceptors (Lipinski definition) is 3. The van der Waals surface area contributed by atoms with Crippen LogP contribution in [0.2, 0.25) is 0 Å². The summed E-state index contributed by atoms with van der Waals surface area (Å²) in [7, 11) is 0. The summed E-state index contributed by atoms with van der Waals surface area (Å²) in [6, 6.07) is 8.52. The van der Waals surface area contributed by atoms with Crippen LogP contribution in [0, 0.1) is 0 Å². The van der Waals surface area contributed by atoms with Gasteiger partial charge in [0, 0.05) is 23.6 Å². The van der Waals surface area contributed by atoms with Crippen LogP contribution < -0.4 is 0 Å². The predicted octanol–water partition coefficient (Wildman–Crippen LogP) is 4.08. The van der Waals surface area contributed by atoms with E-state index in [1.54, 1.807) is 0 Å². The first kappa shape index (κ1) is 17.0. The number of ether oxygens (including phenoxy) is 1. The zero-order valence-corrected chi connectivity index (χ0v) is 15.0. The number of esters is 1. The molecular weight excluding hydrogens is 300 g/mol. The Kier molecular flexibility index (Phi) is 4.95. The lowest BCUT2D eigenvalue weighted by Crippen LogP contribution is -2.35. The number of aromatic nitrogens is 1. The third-order valence-electron chi connectivity index (χ3n) is 4.70. The number of piperidine rings is 1. The van der Waals surface area contributed by atoms with Crippen molar-refractivity contribution in [1.29, 1.82) is 0 Å². The number of para-hydroxylation sites is 1. The summed E-state index contributed by atoms with van der Waals surface area (Å²) in [5, 5.41) is 1.35. The van der Waals surface area contributed by atoms with Crippen molar-refractivity contribution in [2.75, 3.05) is 19.6 Å². The lowest BCUT2D eigenvalue weighted by molar-refractivity contribution is -0.155. The topological polar surface area (TPSA) is 45.3 Å². The minimum Gasteiger partial charge on any atom is -0.460 e. The van der Waals surface area contributed by atoms with Crippen LogP contribution in [0.3, 0.4) is 0 Å². The van der Waals surface area contributed by atoms with Crippen LogP contribution >= 0.6 is 0 Å². The summed E-state index contributed by atoms with van der Waals surface area (Å²) in [6.45, 7) is 8.64. The molecule has 1 N–H and O–H groups in total. The Bertz CT molecular complexity index is 691. The number of aromatic amines is 1. The van der Waals surface area contributed by atoms with E-state index >= 15 is 0 Å². The zero-order valence-electron chi connectivity index (χ0n) is 15.0. The molecule has 4 nitrogen and oxygen atoms in total. The Balaban J connectivity index is 1.50. The molecule has 1 aliphatic heterocycles. The summed E-state index contributed by atoms with van der Waals surface area (Å²) in [4.78, 5) is 17.6. The Labute approximate surface area is 144 Å². The predicted molar refractivity (Wildman–Crippen MR) is 97.2 cm³/mol. The van der Waals surface area contributed by atoms with Crippen LogP contribution in [0.1, 0.15) is 51.5 Å². The molecule has 0 spiro atoms. The van der Waals surface area contributed by atoms with E-state index < -0.39 is 0 Å². The summed E-state index contributed by atoms with van der Waals surface area (Å²) in [6.07, 6.45) is 4.95. The second-order valence-electron chi connectivity index (χ2n) is 7.74. The maximum Gasteiger partial charge on any atom is 0.307 e. The van der Waals surface area contributed by atoms with E-state index in [1.807, 2.05) is 20.8 Å². The SMILES string of the molecule is CC(C)(C)OC(=O)CCN1CCC(c2c[nH]c3ccccc23)CC1. The van der Waals surface area contributed by atoms with Crippen molar-refractivity contribution in [3.63, 3.8) is 0 Å². The number of benzene rings is 1. The van der Waals surface area contributed by atoms with Gasteiger partial charge in [0.2, 0.25) is 0 Å². The van der Waals surface area contributed by atoms with Crippen LogP contribution in [-0.2, 0) is 9.53 Å². The molecule has 24 heavy (non-hydrogen) atoms. The molecule has 0 bridgehead atoms. The molecule has 1 aliphatic rings. The van der Waals surface area contributed by atoms with Crippen molar-refractivity contribution in [3.8, 4) is 0 Å². The number of rotatable bonds is 4. The molecule has 4 heteroatoms. The Morgan fingerprint density at radius 3 is 2.67 bits per heavy atom. The first-order valence-corrected chi connectivity index (χ1v) is 8.92. The molecule has 3 rings (SSSR count). The van der Waals surface area contributed by atoms with Gasteiger partial charge in [0.15, 0.2) is 0 Å². The van der Waals surface area contributed by atoms with E-state index in [2.05, 4.69) is 40.3 Å². The number of carbonyl (C=O) groups is 1. The molecule has 2 aromatic rings. The second-order valence-corrected chi connectivity index (χ2v) is 7.74. The molecule has 1 fully saturated rings. The molecule has 2 heterocycles. The van der Waals surface area contributed by atoms with E-state index in [0.29, 0.717) is 12.3 Å². The average Bonchev–Trinajstić information content (AvgIpc) is 2.96. The van der Waals surface area contributed by atoms with E-state index in [-0.39, 0.29) is 11.6 Å². The smallest absolute Gasteiger partial charge is 0.307 e. The van der Waals surface area contributed by atoms with Crippen molar-refractivity contribution >= 4 is 16.9 Å². The van der Waals surface area contributed by atoms with Gasteiger partial charge >= 0.3 is 5.97 Å². The largest absolute Gasteiger partial charge is 0.460 e. The summed E-state index contributed by atoms with van der Waals surface area (Å²) >= 11 is 0. The van der Waals surface area contributed by atoms with Crippen LogP contribution in [0.4, 0.5) is 0 Å². The minimum atomic E-state index is -0.389. The van der Waals surface area contributed by atoms with Crippen molar-refractivity contribution < 1.29 is 9.53 Å². The number of carbonyl (C=O) groups excluding carboxylic acids is 1. The Morgan fingerprint density at radius 2 is 1.96 bits per heavy atom. The normalized spacial score (nSPS) is 17.3. The van der Waals surface area contributed by atoms with Gasteiger partial charge in [0.05, 0.1) is 6.42 Å². The van der Waals surface area contributed by atoms with Crippen molar-refractivity contribution in [3.05, 3.63) is 36.0 Å². The van der Waals surface area contributed by atoms with Gasteiger partial charge in [-0.2, -0.15) is 0 Å². The van der Waals surface area contributed by atoms with Gasteiger partial charge in [-0.1, -0.05) is 18.2 Å². The molecule has 0 unspecified atom stereocenters. The van der Waals surface area contributed by atoms with Crippen LogP contribution in [0.15, 0.2) is 30.5 Å². The summed E-state index contributed by atoms with van der Waals surface area (Å²) < 4.78 is 5.39. The quantitative estimate of drug-likeness (QED) is 0.860. The van der Waals surface area contributed by atoms with Gasteiger partial charge < -0.3 is 14.6 Å². The number of fused-ring (bicyclic) bond motifs is 1. The number of hydrogen-bond donors (Lipinski definition) is 1. The minimum absolute atomic E-state index is 0.0961. The van der Waals surface area contributed by atoms with E-state index in [1.165, 1.54) is 16.5 Å². The number of H-pyrrole nitrogens is 1. The number of nitrogens with zero attached hydrogens (tertiary/aromatic N) is 1. The Morgan fingerprint density at radius 1 is 1.25 bits per heavy atom. The molecule has 0 atom stereocenters. The highest BCUT2D eigenvalue weighted by Gasteiger charge is 2.23. The maximum absolute atomic E-state index is 11.8. The van der Waals surface area contributed by atoms with Gasteiger partial charge in [0.25, 0.3) is 0 Å². The molecule has 1 aromatic carbocycles. The second kappa shape index (κ2) is 6.98. The first-order chi connectivity index (χ1) is 11.4. The summed E-state index contributed by atoms with van der Waals surface area (Å²) in [5.41, 5.74) is 2.27. The standard InChI is InChI=1S/C20H28N2O2/c1-20(2,3)24-19(23)10-13-22-11-8-15(9-12-22)17-14-21-18-7-5-4-6-16(17)18/h4-7,14-15,21H,8-13H2,1-3H3. The van der Waals surface area contributed by atoms with Gasteiger partial charge in [-0.25, -0.2) is 0 Å². The Hall–Kier alpha value is -1.81. The van der Waals surface area contributed by atoms with Gasteiger partial charge in [-0.05, 0) is 64.3 Å². The monoisotopic (exact) mass is 328 g/mol. The van der Waals surface area contributed by atoms with Gasteiger partial charge in [-0.15, -0.1) is 0 Å². The fourth-order valence-corrected chi connectivity index (χ4v) is 3.54. The van der Waals surface area contributed by atoms with Crippen molar-refractivity contribution in [2.45, 2.75) is 51.6 Å². The fourth-order valence-electron chi connectivity index (χ4n) is 3.54. The summed E-state index contributed by atoms with van der Waals surface area (Å²) in [5.74, 6) is 0.514. The molecule has 0 amide bonds. The molecule has 0 saturated carbocycles. The van der Waals surface area contributed by atoms with Crippen LogP contribution in [-0.4, -0.2) is 41.1 Å². The van der Waals surface area contributed by atoms with Crippen LogP contribution in [0.25, 0.3) is 10.9 Å². The number of likely N-dealkylation sites (tertiary alicyclic amines) is 1. The van der Waals surface area contributed by atoms with E-state index in [4.69, 9.17) is 4.74 Å². The third kappa shape index (κ3) is 4.18. The fraction of sp³-hybridized carbons (Fsp3) is 0.550. The average molecular weight is 328 g/mol. The van der Waals surface area contributed by atoms with E-state index in [9.17, 15) is 4.79 Å². The molecule has 0 aliphatic carbocycles. The maximum atomic E-state index is 11.8.